The number of benzene rings is 1. The number of aliphatic hydroxyl groups is 1. The summed E-state index contributed by atoms with van der Waals surface area (Å²) < 4.78 is 1.07. The Balaban J connectivity index is 2.84. The summed E-state index contributed by atoms with van der Waals surface area (Å²) in [5.74, 6) is 0. The maximum Gasteiger partial charge on any atom is 0.0802 e. The fourth-order valence-corrected chi connectivity index (χ4v) is 1.45. The van der Waals surface area contributed by atoms with Crippen LogP contribution in [0.15, 0.2) is 22.7 Å². The maximum atomic E-state index is 9.64. The molecule has 1 unspecified atom stereocenters. The monoisotopic (exact) mass is 243 g/mol. The van der Waals surface area contributed by atoms with Gasteiger partial charge in [0.2, 0.25) is 0 Å². The zero-order valence-corrected chi connectivity index (χ0v) is 9.21. The van der Waals surface area contributed by atoms with Crippen LogP contribution >= 0.6 is 15.9 Å². The van der Waals surface area contributed by atoms with Crippen molar-refractivity contribution in [3.05, 3.63) is 33.8 Å². The van der Waals surface area contributed by atoms with Gasteiger partial charge in [0.25, 0.3) is 0 Å². The van der Waals surface area contributed by atoms with E-state index in [1.165, 1.54) is 0 Å². The second-order valence-electron chi connectivity index (χ2n) is 3.10. The quantitative estimate of drug-likeness (QED) is 0.855. The van der Waals surface area contributed by atoms with Crippen LogP contribution in [0.25, 0.3) is 0 Å². The molecule has 0 saturated carbocycles. The largest absolute Gasteiger partial charge is 0.388 e. The first kappa shape index (κ1) is 10.7. The Labute approximate surface area is 86.9 Å². The van der Waals surface area contributed by atoms with Gasteiger partial charge in [-0.25, -0.2) is 0 Å². The Morgan fingerprint density at radius 1 is 1.54 bits per heavy atom. The summed E-state index contributed by atoms with van der Waals surface area (Å²) in [7, 11) is 0. The number of aryl methyl sites for hydroxylation is 1. The molecule has 3 heteroatoms. The molecule has 0 amide bonds. The lowest BCUT2D eigenvalue weighted by atomic mass is 10.0. The molecule has 2 nitrogen and oxygen atoms in total. The highest BCUT2D eigenvalue weighted by Crippen LogP contribution is 2.22. The number of rotatable bonds is 3. The van der Waals surface area contributed by atoms with Crippen LogP contribution in [-0.2, 0) is 0 Å². The summed E-state index contributed by atoms with van der Waals surface area (Å²) in [5.41, 5.74) is 7.43. The second-order valence-corrected chi connectivity index (χ2v) is 3.96. The summed E-state index contributed by atoms with van der Waals surface area (Å²) in [6.45, 7) is 2.51. The predicted octanol–water partition coefficient (Wildman–Crippen LogP) is 2.14. The van der Waals surface area contributed by atoms with Crippen LogP contribution in [0.5, 0.6) is 0 Å². The van der Waals surface area contributed by atoms with Gasteiger partial charge in [-0.2, -0.15) is 0 Å². The summed E-state index contributed by atoms with van der Waals surface area (Å²) >= 11 is 3.41. The molecule has 3 N–H and O–H groups in total. The van der Waals surface area contributed by atoms with E-state index >= 15 is 0 Å². The SMILES string of the molecule is Cc1cc(C(O)CCN)ccc1Br. The molecule has 13 heavy (non-hydrogen) atoms. The van der Waals surface area contributed by atoms with Crippen molar-refractivity contribution in [3.63, 3.8) is 0 Å². The van der Waals surface area contributed by atoms with Gasteiger partial charge in [0.15, 0.2) is 0 Å². The summed E-state index contributed by atoms with van der Waals surface area (Å²) in [5, 5.41) is 9.64. The Morgan fingerprint density at radius 2 is 2.23 bits per heavy atom. The predicted molar refractivity (Wildman–Crippen MR) is 57.5 cm³/mol. The van der Waals surface area contributed by atoms with Crippen molar-refractivity contribution in [3.8, 4) is 0 Å². The number of hydrogen-bond donors (Lipinski definition) is 2. The molecule has 1 atom stereocenters. The van der Waals surface area contributed by atoms with Gasteiger partial charge in [0, 0.05) is 4.47 Å². The molecule has 0 aliphatic rings. The molecule has 0 bridgehead atoms. The van der Waals surface area contributed by atoms with Crippen molar-refractivity contribution in [1.82, 2.24) is 0 Å². The van der Waals surface area contributed by atoms with E-state index in [0.29, 0.717) is 13.0 Å². The van der Waals surface area contributed by atoms with Crippen LogP contribution < -0.4 is 5.73 Å². The maximum absolute atomic E-state index is 9.64. The van der Waals surface area contributed by atoms with Crippen LogP contribution in [0.4, 0.5) is 0 Å². The smallest absolute Gasteiger partial charge is 0.0802 e. The van der Waals surface area contributed by atoms with Gasteiger partial charge in [0.1, 0.15) is 0 Å². The molecule has 0 aliphatic carbocycles. The number of halogens is 1. The number of hydrogen-bond acceptors (Lipinski definition) is 2. The highest BCUT2D eigenvalue weighted by Gasteiger charge is 2.06. The summed E-state index contributed by atoms with van der Waals surface area (Å²) in [6, 6.07) is 5.84. The Bertz CT molecular complexity index is 288. The summed E-state index contributed by atoms with van der Waals surface area (Å²) in [6.07, 6.45) is 0.179. The minimum atomic E-state index is -0.434. The van der Waals surface area contributed by atoms with E-state index in [-0.39, 0.29) is 0 Å². The molecule has 72 valence electrons. The molecular weight excluding hydrogens is 230 g/mol. The number of aliphatic hydroxyl groups excluding tert-OH is 1. The van der Waals surface area contributed by atoms with Gasteiger partial charge in [-0.05, 0) is 37.1 Å². The highest BCUT2D eigenvalue weighted by atomic mass is 79.9. The average molecular weight is 244 g/mol. The van der Waals surface area contributed by atoms with Crippen LogP contribution in [0.2, 0.25) is 0 Å². The first-order valence-corrected chi connectivity index (χ1v) is 5.08. The van der Waals surface area contributed by atoms with Crippen LogP contribution in [-0.4, -0.2) is 11.7 Å². The Morgan fingerprint density at radius 3 is 2.77 bits per heavy atom. The first-order chi connectivity index (χ1) is 6.15. The standard InChI is InChI=1S/C10H14BrNO/c1-7-6-8(2-3-9(7)11)10(13)4-5-12/h2-3,6,10,13H,4-5,12H2,1H3. The fraction of sp³-hybridized carbons (Fsp3) is 0.400. The Hall–Kier alpha value is -0.380. The molecule has 0 fully saturated rings. The van der Waals surface area contributed by atoms with Gasteiger partial charge in [-0.15, -0.1) is 0 Å². The summed E-state index contributed by atoms with van der Waals surface area (Å²) in [4.78, 5) is 0. The van der Waals surface area contributed by atoms with E-state index in [9.17, 15) is 5.11 Å². The van der Waals surface area contributed by atoms with E-state index in [0.717, 1.165) is 15.6 Å². The van der Waals surface area contributed by atoms with E-state index in [2.05, 4.69) is 15.9 Å². The Kier molecular flexibility index (Phi) is 3.90. The molecular formula is C10H14BrNO. The molecule has 0 heterocycles. The van der Waals surface area contributed by atoms with E-state index < -0.39 is 6.10 Å². The van der Waals surface area contributed by atoms with Crippen molar-refractivity contribution in [2.24, 2.45) is 5.73 Å². The van der Waals surface area contributed by atoms with Gasteiger partial charge in [-0.1, -0.05) is 28.1 Å². The van der Waals surface area contributed by atoms with Crippen molar-refractivity contribution in [2.75, 3.05) is 6.54 Å². The van der Waals surface area contributed by atoms with E-state index in [1.807, 2.05) is 25.1 Å². The molecule has 0 aromatic heterocycles. The van der Waals surface area contributed by atoms with Crippen molar-refractivity contribution < 1.29 is 5.11 Å². The molecule has 0 saturated heterocycles. The van der Waals surface area contributed by atoms with Crippen LogP contribution in [0.1, 0.15) is 23.7 Å². The van der Waals surface area contributed by atoms with Gasteiger partial charge >= 0.3 is 0 Å². The minimum Gasteiger partial charge on any atom is -0.388 e. The molecule has 1 rings (SSSR count). The first-order valence-electron chi connectivity index (χ1n) is 4.29. The lowest BCUT2D eigenvalue weighted by Crippen LogP contribution is -2.06. The third kappa shape index (κ3) is 2.79. The third-order valence-corrected chi connectivity index (χ3v) is 2.90. The minimum absolute atomic E-state index is 0.434. The zero-order valence-electron chi connectivity index (χ0n) is 7.63. The molecule has 0 spiro atoms. The zero-order chi connectivity index (χ0) is 9.84. The lowest BCUT2D eigenvalue weighted by molar-refractivity contribution is 0.170. The fourth-order valence-electron chi connectivity index (χ4n) is 1.20. The van der Waals surface area contributed by atoms with Crippen molar-refractivity contribution in [2.45, 2.75) is 19.4 Å². The lowest BCUT2D eigenvalue weighted by Gasteiger charge is -2.10. The third-order valence-electron chi connectivity index (χ3n) is 2.01. The van der Waals surface area contributed by atoms with Crippen molar-refractivity contribution >= 4 is 15.9 Å². The van der Waals surface area contributed by atoms with Crippen LogP contribution in [0, 0.1) is 6.92 Å². The second kappa shape index (κ2) is 4.74. The molecule has 0 radical (unpaired) electrons. The average Bonchev–Trinajstić information content (AvgIpc) is 2.10. The topological polar surface area (TPSA) is 46.2 Å². The van der Waals surface area contributed by atoms with Gasteiger partial charge < -0.3 is 10.8 Å². The molecule has 1 aromatic rings. The van der Waals surface area contributed by atoms with E-state index in [1.54, 1.807) is 0 Å². The van der Waals surface area contributed by atoms with Crippen LogP contribution in [0.3, 0.4) is 0 Å². The number of nitrogens with two attached hydrogens (primary N) is 1. The van der Waals surface area contributed by atoms with Gasteiger partial charge in [-0.3, -0.25) is 0 Å². The van der Waals surface area contributed by atoms with Crippen molar-refractivity contribution in [1.29, 1.82) is 0 Å². The van der Waals surface area contributed by atoms with E-state index in [4.69, 9.17) is 5.73 Å². The molecule has 0 aliphatic heterocycles. The molecule has 1 aromatic carbocycles. The van der Waals surface area contributed by atoms with Gasteiger partial charge in [0.05, 0.1) is 6.10 Å². The highest BCUT2D eigenvalue weighted by molar-refractivity contribution is 9.10. The normalized spacial score (nSPS) is 12.9.